The monoisotopic (exact) mass is 502 g/mol. The van der Waals surface area contributed by atoms with Crippen LogP contribution in [0.15, 0.2) is 24.5 Å². The summed E-state index contributed by atoms with van der Waals surface area (Å²) in [6.45, 7) is 7.79. The van der Waals surface area contributed by atoms with Gasteiger partial charge in [-0.2, -0.15) is 0 Å². The summed E-state index contributed by atoms with van der Waals surface area (Å²) in [5.41, 5.74) is 0.653. The number of rotatable bonds is 8. The fourth-order valence-electron chi connectivity index (χ4n) is 3.83. The molecule has 0 fully saturated rings. The number of carbonyl (C=O) groups excluding carboxylic acids is 3. The number of aliphatic hydroxyl groups is 1. The van der Waals surface area contributed by atoms with E-state index in [0.717, 1.165) is 0 Å². The summed E-state index contributed by atoms with van der Waals surface area (Å²) in [6, 6.07) is 4.15. The lowest BCUT2D eigenvalue weighted by Crippen LogP contribution is -2.51. The standard InChI is InChI=1S/C23H34N8O5/c1-14(2)25-23(35)29(5)10-20-15(3)9-31(16(4)12-32)22(34)18-8-17(6-7-19(18)36-20)26-21(33)11-30-13-24-27-28-30/h6-8,13-16,20,32H,9-12H2,1-5H3,(H,25,35)(H,26,33)/t15-,16+,20+/m0/s1. The van der Waals surface area contributed by atoms with Gasteiger partial charge in [-0.15, -0.1) is 5.10 Å². The number of hydrogen-bond acceptors (Lipinski definition) is 8. The number of anilines is 1. The van der Waals surface area contributed by atoms with Crippen LogP contribution in [-0.2, 0) is 11.3 Å². The number of fused-ring (bicyclic) bond motifs is 1. The van der Waals surface area contributed by atoms with Gasteiger partial charge in [0.2, 0.25) is 5.91 Å². The molecule has 3 N–H and O–H groups in total. The summed E-state index contributed by atoms with van der Waals surface area (Å²) in [5, 5.41) is 26.1. The lowest BCUT2D eigenvalue weighted by Gasteiger charge is -2.38. The van der Waals surface area contributed by atoms with Crippen LogP contribution in [0.25, 0.3) is 0 Å². The van der Waals surface area contributed by atoms with E-state index < -0.39 is 12.1 Å². The quantitative estimate of drug-likeness (QED) is 0.474. The van der Waals surface area contributed by atoms with Crippen molar-refractivity contribution in [2.24, 2.45) is 5.92 Å². The Balaban J connectivity index is 1.87. The van der Waals surface area contributed by atoms with Gasteiger partial charge in [-0.3, -0.25) is 9.59 Å². The highest BCUT2D eigenvalue weighted by atomic mass is 16.5. The zero-order chi connectivity index (χ0) is 26.4. The number of urea groups is 1. The lowest BCUT2D eigenvalue weighted by atomic mass is 9.99. The first kappa shape index (κ1) is 26.9. The van der Waals surface area contributed by atoms with Crippen LogP contribution in [0.4, 0.5) is 10.5 Å². The predicted octanol–water partition coefficient (Wildman–Crippen LogP) is 0.582. The van der Waals surface area contributed by atoms with Gasteiger partial charge in [0.25, 0.3) is 5.91 Å². The minimum atomic E-state index is -0.438. The fraction of sp³-hybridized carbons (Fsp3) is 0.565. The first-order valence-corrected chi connectivity index (χ1v) is 11.8. The summed E-state index contributed by atoms with van der Waals surface area (Å²) in [7, 11) is 1.69. The van der Waals surface area contributed by atoms with Crippen molar-refractivity contribution >= 4 is 23.5 Å². The number of aliphatic hydroxyl groups excluding tert-OH is 1. The van der Waals surface area contributed by atoms with Crippen LogP contribution >= 0.6 is 0 Å². The zero-order valence-corrected chi connectivity index (χ0v) is 21.2. The molecule has 0 saturated heterocycles. The number of aromatic nitrogens is 4. The fourth-order valence-corrected chi connectivity index (χ4v) is 3.83. The Morgan fingerprint density at radius 1 is 1.31 bits per heavy atom. The van der Waals surface area contributed by atoms with E-state index in [4.69, 9.17) is 4.74 Å². The summed E-state index contributed by atoms with van der Waals surface area (Å²) in [4.78, 5) is 41.5. The Labute approximate surface area is 209 Å². The first-order chi connectivity index (χ1) is 17.1. The van der Waals surface area contributed by atoms with Gasteiger partial charge in [-0.25, -0.2) is 9.48 Å². The Morgan fingerprint density at radius 3 is 2.69 bits per heavy atom. The number of benzene rings is 1. The maximum atomic E-state index is 13.5. The van der Waals surface area contributed by atoms with Gasteiger partial charge in [0.05, 0.1) is 24.8 Å². The molecule has 3 rings (SSSR count). The molecule has 1 aromatic heterocycles. The Hall–Kier alpha value is -3.74. The van der Waals surface area contributed by atoms with Crippen molar-refractivity contribution in [3.8, 4) is 5.75 Å². The van der Waals surface area contributed by atoms with E-state index in [1.165, 1.54) is 11.0 Å². The molecule has 196 valence electrons. The molecule has 0 saturated carbocycles. The molecule has 0 unspecified atom stereocenters. The minimum Gasteiger partial charge on any atom is -0.487 e. The molecule has 0 aliphatic carbocycles. The largest absolute Gasteiger partial charge is 0.487 e. The number of nitrogens with zero attached hydrogens (tertiary/aromatic N) is 6. The van der Waals surface area contributed by atoms with E-state index in [9.17, 15) is 19.5 Å². The molecule has 2 aromatic rings. The highest BCUT2D eigenvalue weighted by molar-refractivity contribution is 5.99. The van der Waals surface area contributed by atoms with E-state index in [0.29, 0.717) is 24.5 Å². The molecule has 0 radical (unpaired) electrons. The maximum absolute atomic E-state index is 13.5. The van der Waals surface area contributed by atoms with Crippen molar-refractivity contribution in [2.45, 2.75) is 52.4 Å². The molecule has 0 spiro atoms. The zero-order valence-electron chi connectivity index (χ0n) is 21.2. The first-order valence-electron chi connectivity index (χ1n) is 11.8. The molecular formula is C23H34N8O5. The molecule has 1 aromatic carbocycles. The molecule has 1 aliphatic rings. The van der Waals surface area contributed by atoms with E-state index in [1.807, 2.05) is 20.8 Å². The predicted molar refractivity (Wildman–Crippen MR) is 130 cm³/mol. The van der Waals surface area contributed by atoms with E-state index in [2.05, 4.69) is 26.2 Å². The molecule has 1 aliphatic heterocycles. The summed E-state index contributed by atoms with van der Waals surface area (Å²) >= 11 is 0. The van der Waals surface area contributed by atoms with Crippen molar-refractivity contribution in [3.63, 3.8) is 0 Å². The van der Waals surface area contributed by atoms with Crippen LogP contribution in [0.5, 0.6) is 5.75 Å². The number of carbonyl (C=O) groups is 3. The van der Waals surface area contributed by atoms with Crippen LogP contribution in [0.2, 0.25) is 0 Å². The third-order valence-electron chi connectivity index (χ3n) is 5.86. The Morgan fingerprint density at radius 2 is 2.06 bits per heavy atom. The third kappa shape index (κ3) is 6.68. The highest BCUT2D eigenvalue weighted by Crippen LogP contribution is 2.30. The van der Waals surface area contributed by atoms with Crippen LogP contribution in [0.1, 0.15) is 38.1 Å². The minimum absolute atomic E-state index is 0.00989. The van der Waals surface area contributed by atoms with Gasteiger partial charge in [-0.1, -0.05) is 6.92 Å². The van der Waals surface area contributed by atoms with Crippen LogP contribution < -0.4 is 15.4 Å². The molecular weight excluding hydrogens is 468 g/mol. The molecule has 3 atom stereocenters. The summed E-state index contributed by atoms with van der Waals surface area (Å²) in [6.07, 6.45) is 0.902. The number of likely N-dealkylation sites (N-methyl/N-ethyl adjacent to an activating group) is 1. The molecule has 0 bridgehead atoms. The SMILES string of the molecule is CC(C)NC(=O)N(C)C[C@H]1Oc2ccc(NC(=O)Cn3cnnn3)cc2C(=O)N([C@H](C)CO)C[C@@H]1C. The lowest BCUT2D eigenvalue weighted by molar-refractivity contribution is -0.116. The number of tetrazole rings is 1. The van der Waals surface area contributed by atoms with Gasteiger partial charge < -0.3 is 30.3 Å². The smallest absolute Gasteiger partial charge is 0.317 e. The van der Waals surface area contributed by atoms with Gasteiger partial charge in [0.1, 0.15) is 24.7 Å². The second kappa shape index (κ2) is 11.8. The van der Waals surface area contributed by atoms with Crippen molar-refractivity contribution < 1.29 is 24.2 Å². The van der Waals surface area contributed by atoms with Crippen LogP contribution in [0, 0.1) is 5.92 Å². The maximum Gasteiger partial charge on any atom is 0.317 e. The summed E-state index contributed by atoms with van der Waals surface area (Å²) in [5.74, 6) is -0.491. The highest BCUT2D eigenvalue weighted by Gasteiger charge is 2.34. The number of hydrogen-bond donors (Lipinski definition) is 3. The number of ether oxygens (including phenoxy) is 1. The van der Waals surface area contributed by atoms with E-state index in [1.54, 1.807) is 42.0 Å². The summed E-state index contributed by atoms with van der Waals surface area (Å²) < 4.78 is 7.55. The molecule has 4 amide bonds. The van der Waals surface area contributed by atoms with Gasteiger partial charge in [0, 0.05) is 31.2 Å². The molecule has 2 heterocycles. The second-order valence-electron chi connectivity index (χ2n) is 9.37. The van der Waals surface area contributed by atoms with Crippen LogP contribution in [0.3, 0.4) is 0 Å². The van der Waals surface area contributed by atoms with Crippen molar-refractivity contribution in [3.05, 3.63) is 30.1 Å². The second-order valence-corrected chi connectivity index (χ2v) is 9.37. The van der Waals surface area contributed by atoms with Gasteiger partial charge in [-0.05, 0) is 49.4 Å². The van der Waals surface area contributed by atoms with Crippen molar-refractivity contribution in [1.82, 2.24) is 35.3 Å². The average molecular weight is 503 g/mol. The van der Waals surface area contributed by atoms with Crippen molar-refractivity contribution in [1.29, 1.82) is 0 Å². The molecule has 13 heteroatoms. The van der Waals surface area contributed by atoms with E-state index in [-0.39, 0.29) is 48.5 Å². The third-order valence-corrected chi connectivity index (χ3v) is 5.86. The number of amides is 4. The van der Waals surface area contributed by atoms with Crippen molar-refractivity contribution in [2.75, 3.05) is 32.1 Å². The topological polar surface area (TPSA) is 155 Å². The molecule has 13 nitrogen and oxygen atoms in total. The van der Waals surface area contributed by atoms with Gasteiger partial charge in [0.15, 0.2) is 0 Å². The number of nitrogens with one attached hydrogen (secondary N) is 2. The normalized spacial score (nSPS) is 18.5. The average Bonchev–Trinajstić information content (AvgIpc) is 3.33. The van der Waals surface area contributed by atoms with Gasteiger partial charge >= 0.3 is 6.03 Å². The Kier molecular flexibility index (Phi) is 8.80. The van der Waals surface area contributed by atoms with Crippen LogP contribution in [-0.4, -0.2) is 97.9 Å². The Bertz CT molecular complexity index is 1060. The van der Waals surface area contributed by atoms with E-state index >= 15 is 0 Å². The molecule has 36 heavy (non-hydrogen) atoms.